The summed E-state index contributed by atoms with van der Waals surface area (Å²) in [6.45, 7) is 2.07. The van der Waals surface area contributed by atoms with Crippen molar-refractivity contribution in [2.45, 2.75) is 44.1 Å². The zero-order valence-electron chi connectivity index (χ0n) is 16.4. The Morgan fingerprint density at radius 1 is 1.14 bits per heavy atom. The molecule has 0 atom stereocenters. The van der Waals surface area contributed by atoms with Crippen LogP contribution in [-0.4, -0.2) is 24.2 Å². The van der Waals surface area contributed by atoms with E-state index < -0.39 is 0 Å². The Morgan fingerprint density at radius 3 is 2.68 bits per heavy atom. The highest BCUT2D eigenvalue weighted by Gasteiger charge is 2.19. The lowest BCUT2D eigenvalue weighted by atomic mass is 9.97. The standard InChI is InChI=1S/C21H24N2O3S2/c1-12-8-15(25-2)16(26-3)9-13(12)10-27-11-18-22-20(24)19-14-6-4-5-7-17(14)28-21(19)23-18/h8-9H,4-7,10-11H2,1-3H3,(H,22,23,24). The van der Waals surface area contributed by atoms with Crippen molar-refractivity contribution in [3.63, 3.8) is 0 Å². The van der Waals surface area contributed by atoms with Crippen molar-refractivity contribution in [2.24, 2.45) is 0 Å². The number of methoxy groups -OCH3 is 2. The number of aryl methyl sites for hydroxylation is 3. The Hall–Kier alpha value is -1.99. The third kappa shape index (κ3) is 3.65. The van der Waals surface area contributed by atoms with E-state index in [1.54, 1.807) is 37.3 Å². The summed E-state index contributed by atoms with van der Waals surface area (Å²) in [5.41, 5.74) is 3.60. The van der Waals surface area contributed by atoms with Crippen LogP contribution in [0, 0.1) is 6.92 Å². The normalized spacial score (nSPS) is 13.5. The van der Waals surface area contributed by atoms with Gasteiger partial charge in [0.05, 0.1) is 25.4 Å². The number of benzene rings is 1. The summed E-state index contributed by atoms with van der Waals surface area (Å²) in [6, 6.07) is 4.02. The number of H-pyrrole nitrogens is 1. The summed E-state index contributed by atoms with van der Waals surface area (Å²) in [7, 11) is 3.29. The lowest BCUT2D eigenvalue weighted by Crippen LogP contribution is -2.12. The molecular formula is C21H24N2O3S2. The van der Waals surface area contributed by atoms with Crippen molar-refractivity contribution >= 4 is 33.3 Å². The van der Waals surface area contributed by atoms with Crippen molar-refractivity contribution in [3.05, 3.63) is 49.9 Å². The molecule has 0 unspecified atom stereocenters. The van der Waals surface area contributed by atoms with Gasteiger partial charge in [0.1, 0.15) is 10.7 Å². The van der Waals surface area contributed by atoms with Crippen LogP contribution in [0.4, 0.5) is 0 Å². The lowest BCUT2D eigenvalue weighted by Gasteiger charge is -2.12. The van der Waals surface area contributed by atoms with Crippen molar-refractivity contribution in [2.75, 3.05) is 14.2 Å². The van der Waals surface area contributed by atoms with E-state index in [4.69, 9.17) is 14.5 Å². The Bertz CT molecular complexity index is 1070. The fourth-order valence-corrected chi connectivity index (χ4v) is 5.96. The van der Waals surface area contributed by atoms with Gasteiger partial charge in [0.2, 0.25) is 0 Å². The predicted octanol–water partition coefficient (Wildman–Crippen LogP) is 4.62. The second kappa shape index (κ2) is 8.17. The maximum Gasteiger partial charge on any atom is 0.259 e. The van der Waals surface area contributed by atoms with Crippen LogP contribution in [-0.2, 0) is 24.3 Å². The van der Waals surface area contributed by atoms with E-state index in [-0.39, 0.29) is 5.56 Å². The number of rotatable bonds is 6. The molecule has 4 rings (SSSR count). The number of hydrogen-bond acceptors (Lipinski definition) is 6. The highest BCUT2D eigenvalue weighted by molar-refractivity contribution is 7.97. The fraction of sp³-hybridized carbons (Fsp3) is 0.429. The summed E-state index contributed by atoms with van der Waals surface area (Å²) >= 11 is 3.43. The molecule has 0 aliphatic heterocycles. The van der Waals surface area contributed by atoms with Gasteiger partial charge >= 0.3 is 0 Å². The Balaban J connectivity index is 1.51. The van der Waals surface area contributed by atoms with Crippen LogP contribution in [0.5, 0.6) is 11.5 Å². The first kappa shape index (κ1) is 19.3. The molecule has 28 heavy (non-hydrogen) atoms. The van der Waals surface area contributed by atoms with Gasteiger partial charge in [-0.05, 0) is 61.4 Å². The van der Waals surface area contributed by atoms with Crippen molar-refractivity contribution < 1.29 is 9.47 Å². The van der Waals surface area contributed by atoms with Crippen LogP contribution in [0.2, 0.25) is 0 Å². The minimum Gasteiger partial charge on any atom is -0.493 e. The van der Waals surface area contributed by atoms with Crippen LogP contribution in [0.25, 0.3) is 10.2 Å². The van der Waals surface area contributed by atoms with Gasteiger partial charge in [0, 0.05) is 10.6 Å². The average molecular weight is 417 g/mol. The largest absolute Gasteiger partial charge is 0.493 e. The molecule has 1 N–H and O–H groups in total. The molecule has 0 saturated heterocycles. The second-order valence-corrected chi connectivity index (χ2v) is 9.10. The summed E-state index contributed by atoms with van der Waals surface area (Å²) in [6.07, 6.45) is 4.47. The Labute approximate surface area is 172 Å². The van der Waals surface area contributed by atoms with Crippen LogP contribution in [0.1, 0.15) is 40.2 Å². The minimum absolute atomic E-state index is 0.0160. The number of aromatic amines is 1. The smallest absolute Gasteiger partial charge is 0.259 e. The summed E-state index contributed by atoms with van der Waals surface area (Å²) in [5, 5.41) is 0.823. The van der Waals surface area contributed by atoms with E-state index >= 15 is 0 Å². The molecule has 2 heterocycles. The van der Waals surface area contributed by atoms with Crippen molar-refractivity contribution in [1.29, 1.82) is 0 Å². The van der Waals surface area contributed by atoms with E-state index in [2.05, 4.69) is 11.9 Å². The first-order valence-corrected chi connectivity index (χ1v) is 11.4. The van der Waals surface area contributed by atoms with Gasteiger partial charge in [-0.2, -0.15) is 0 Å². The monoisotopic (exact) mass is 416 g/mol. The molecule has 3 aromatic rings. The summed E-state index contributed by atoms with van der Waals surface area (Å²) < 4.78 is 10.8. The molecule has 1 aliphatic rings. The molecule has 2 aromatic heterocycles. The highest BCUT2D eigenvalue weighted by atomic mass is 32.2. The molecule has 148 valence electrons. The van der Waals surface area contributed by atoms with E-state index in [0.717, 1.165) is 51.7 Å². The van der Waals surface area contributed by atoms with Crippen LogP contribution >= 0.6 is 23.1 Å². The zero-order chi connectivity index (χ0) is 19.7. The third-order valence-electron chi connectivity index (χ3n) is 5.21. The SMILES string of the molecule is COc1cc(C)c(CSCc2nc3sc4c(c3c(=O)[nH]2)CCCC4)cc1OC. The van der Waals surface area contributed by atoms with Gasteiger partial charge in [-0.25, -0.2) is 4.98 Å². The van der Waals surface area contributed by atoms with Gasteiger partial charge in [-0.15, -0.1) is 23.1 Å². The van der Waals surface area contributed by atoms with Crippen LogP contribution in [0.15, 0.2) is 16.9 Å². The fourth-order valence-electron chi connectivity index (χ4n) is 3.71. The molecule has 5 nitrogen and oxygen atoms in total. The van der Waals surface area contributed by atoms with E-state index in [9.17, 15) is 4.79 Å². The van der Waals surface area contributed by atoms with Gasteiger partial charge in [-0.3, -0.25) is 4.79 Å². The molecule has 0 fully saturated rings. The summed E-state index contributed by atoms with van der Waals surface area (Å²) in [4.78, 5) is 22.6. The number of thioether (sulfide) groups is 1. The topological polar surface area (TPSA) is 64.2 Å². The Kier molecular flexibility index (Phi) is 5.64. The number of aromatic nitrogens is 2. The van der Waals surface area contributed by atoms with Crippen LogP contribution < -0.4 is 15.0 Å². The average Bonchev–Trinajstić information content (AvgIpc) is 3.07. The number of hydrogen-bond donors (Lipinski definition) is 1. The summed E-state index contributed by atoms with van der Waals surface area (Å²) in [5.74, 6) is 3.71. The van der Waals surface area contributed by atoms with Crippen molar-refractivity contribution in [1.82, 2.24) is 9.97 Å². The number of nitrogens with zero attached hydrogens (tertiary/aromatic N) is 1. The Morgan fingerprint density at radius 2 is 1.89 bits per heavy atom. The molecular weight excluding hydrogens is 392 g/mol. The van der Waals surface area contributed by atoms with E-state index in [1.807, 2.05) is 12.1 Å². The highest BCUT2D eigenvalue weighted by Crippen LogP contribution is 2.34. The number of nitrogens with one attached hydrogen (secondary N) is 1. The van der Waals surface area contributed by atoms with Crippen molar-refractivity contribution in [3.8, 4) is 11.5 Å². The molecule has 0 radical (unpaired) electrons. The minimum atomic E-state index is 0.0160. The second-order valence-electron chi connectivity index (χ2n) is 7.03. The zero-order valence-corrected chi connectivity index (χ0v) is 18.0. The van der Waals surface area contributed by atoms with Gasteiger partial charge in [-0.1, -0.05) is 0 Å². The maximum absolute atomic E-state index is 12.6. The maximum atomic E-state index is 12.6. The number of fused-ring (bicyclic) bond motifs is 3. The van der Waals surface area contributed by atoms with Gasteiger partial charge in [0.25, 0.3) is 5.56 Å². The lowest BCUT2D eigenvalue weighted by molar-refractivity contribution is 0.354. The third-order valence-corrected chi connectivity index (χ3v) is 7.39. The first-order chi connectivity index (χ1) is 13.6. The molecule has 0 bridgehead atoms. The predicted molar refractivity (Wildman–Crippen MR) is 116 cm³/mol. The quantitative estimate of drug-likeness (QED) is 0.635. The molecule has 1 aliphatic carbocycles. The number of ether oxygens (including phenoxy) is 2. The van der Waals surface area contributed by atoms with Crippen LogP contribution in [0.3, 0.4) is 0 Å². The van der Waals surface area contributed by atoms with Gasteiger partial charge in [0.15, 0.2) is 11.5 Å². The number of thiophene rings is 1. The van der Waals surface area contributed by atoms with E-state index in [0.29, 0.717) is 5.75 Å². The molecule has 0 amide bonds. The molecule has 0 saturated carbocycles. The van der Waals surface area contributed by atoms with Gasteiger partial charge < -0.3 is 14.5 Å². The van der Waals surface area contributed by atoms with E-state index in [1.165, 1.54) is 28.8 Å². The molecule has 1 aromatic carbocycles. The molecule has 0 spiro atoms. The molecule has 7 heteroatoms. The first-order valence-electron chi connectivity index (χ1n) is 9.43.